The number of rotatable bonds is 10. The lowest BCUT2D eigenvalue weighted by Gasteiger charge is -2.10. The molecule has 0 saturated carbocycles. The van der Waals surface area contributed by atoms with Crippen LogP contribution in [0.4, 0.5) is 0 Å². The topological polar surface area (TPSA) is 59.9 Å². The van der Waals surface area contributed by atoms with Crippen molar-refractivity contribution in [1.29, 1.82) is 0 Å². The Hall–Kier alpha value is -4.03. The Morgan fingerprint density at radius 2 is 1.58 bits per heavy atom. The standard InChI is InChI=1S/C32H31N3O2S/c1-22-20-28(23(2)35(22)19-18-24-14-16-27(37-3)17-15-24)29(36)21-38-32-33-30(25-10-6-4-7-11-25)31(34-32)26-12-8-5-9-13-26/h4-17,20H,18-19,21H2,1-3H3,(H,33,34). The summed E-state index contributed by atoms with van der Waals surface area (Å²) >= 11 is 1.45. The van der Waals surface area contributed by atoms with Crippen LogP contribution in [0.25, 0.3) is 22.5 Å². The fourth-order valence-electron chi connectivity index (χ4n) is 4.71. The van der Waals surface area contributed by atoms with Crippen molar-refractivity contribution in [2.75, 3.05) is 12.9 Å². The number of methoxy groups -OCH3 is 1. The molecule has 3 aromatic carbocycles. The summed E-state index contributed by atoms with van der Waals surface area (Å²) in [4.78, 5) is 21.6. The van der Waals surface area contributed by atoms with Crippen molar-refractivity contribution < 1.29 is 9.53 Å². The number of imidazole rings is 1. The third-order valence-electron chi connectivity index (χ3n) is 6.79. The molecule has 0 amide bonds. The Kier molecular flexibility index (Phi) is 7.80. The van der Waals surface area contributed by atoms with E-state index >= 15 is 0 Å². The number of hydrogen-bond acceptors (Lipinski definition) is 4. The SMILES string of the molecule is COc1ccc(CCn2c(C)cc(C(=O)CSc3nc(-c4ccccc4)c(-c4ccccc4)[nH]3)c2C)cc1. The van der Waals surface area contributed by atoms with Crippen LogP contribution in [-0.2, 0) is 13.0 Å². The molecule has 0 fully saturated rings. The van der Waals surface area contributed by atoms with Gasteiger partial charge >= 0.3 is 0 Å². The van der Waals surface area contributed by atoms with Gasteiger partial charge in [0.05, 0.1) is 24.3 Å². The van der Waals surface area contributed by atoms with Gasteiger partial charge in [-0.1, -0.05) is 84.6 Å². The van der Waals surface area contributed by atoms with Crippen molar-refractivity contribution in [3.8, 4) is 28.3 Å². The average Bonchev–Trinajstić information content (AvgIpc) is 3.52. The first kappa shape index (κ1) is 25.6. The summed E-state index contributed by atoms with van der Waals surface area (Å²) in [5.74, 6) is 1.28. The molecule has 0 aliphatic rings. The van der Waals surface area contributed by atoms with Gasteiger partial charge in [-0.05, 0) is 44.0 Å². The zero-order valence-corrected chi connectivity index (χ0v) is 22.7. The molecule has 38 heavy (non-hydrogen) atoms. The van der Waals surface area contributed by atoms with Crippen molar-refractivity contribution in [3.63, 3.8) is 0 Å². The van der Waals surface area contributed by atoms with Crippen molar-refractivity contribution >= 4 is 17.5 Å². The molecule has 6 heteroatoms. The van der Waals surface area contributed by atoms with Gasteiger partial charge in [0.1, 0.15) is 5.75 Å². The van der Waals surface area contributed by atoms with Crippen molar-refractivity contribution in [2.24, 2.45) is 0 Å². The third-order valence-corrected chi connectivity index (χ3v) is 7.66. The molecule has 0 radical (unpaired) electrons. The van der Waals surface area contributed by atoms with Gasteiger partial charge in [-0.3, -0.25) is 4.79 Å². The molecule has 2 aromatic heterocycles. The van der Waals surface area contributed by atoms with Crippen LogP contribution in [0.1, 0.15) is 27.3 Å². The van der Waals surface area contributed by atoms with E-state index in [2.05, 4.69) is 52.9 Å². The Morgan fingerprint density at radius 1 is 0.921 bits per heavy atom. The number of ether oxygens (including phenoxy) is 1. The molecule has 192 valence electrons. The molecule has 1 N–H and O–H groups in total. The predicted molar refractivity (Wildman–Crippen MR) is 155 cm³/mol. The third kappa shape index (κ3) is 5.60. The normalized spacial score (nSPS) is 11.0. The monoisotopic (exact) mass is 521 g/mol. The second kappa shape index (κ2) is 11.6. The molecule has 0 bridgehead atoms. The quantitative estimate of drug-likeness (QED) is 0.154. The molecule has 0 unspecified atom stereocenters. The van der Waals surface area contributed by atoms with Crippen molar-refractivity contribution in [1.82, 2.24) is 14.5 Å². The first-order valence-electron chi connectivity index (χ1n) is 12.7. The first-order chi connectivity index (χ1) is 18.5. The number of aryl methyl sites for hydroxylation is 2. The van der Waals surface area contributed by atoms with Gasteiger partial charge < -0.3 is 14.3 Å². The van der Waals surface area contributed by atoms with E-state index in [0.717, 1.165) is 63.3 Å². The highest BCUT2D eigenvalue weighted by Crippen LogP contribution is 2.33. The number of thioether (sulfide) groups is 1. The molecule has 0 spiro atoms. The molecule has 2 heterocycles. The highest BCUT2D eigenvalue weighted by molar-refractivity contribution is 7.99. The molecular weight excluding hydrogens is 490 g/mol. The van der Waals surface area contributed by atoms with E-state index in [1.165, 1.54) is 17.3 Å². The van der Waals surface area contributed by atoms with Crippen LogP contribution in [0.15, 0.2) is 96.2 Å². The maximum Gasteiger partial charge on any atom is 0.175 e. The maximum absolute atomic E-state index is 13.3. The second-order valence-corrected chi connectivity index (χ2v) is 10.2. The van der Waals surface area contributed by atoms with Crippen LogP contribution in [0.5, 0.6) is 5.75 Å². The van der Waals surface area contributed by atoms with E-state index in [-0.39, 0.29) is 5.78 Å². The van der Waals surface area contributed by atoms with E-state index in [9.17, 15) is 4.79 Å². The Labute approximate surface area is 227 Å². The number of carbonyl (C=O) groups excluding carboxylic acids is 1. The van der Waals surface area contributed by atoms with Crippen LogP contribution in [0.3, 0.4) is 0 Å². The average molecular weight is 522 g/mol. The summed E-state index contributed by atoms with van der Waals surface area (Å²) in [6.07, 6.45) is 0.889. The lowest BCUT2D eigenvalue weighted by Crippen LogP contribution is -2.08. The van der Waals surface area contributed by atoms with Gasteiger partial charge in [0.2, 0.25) is 0 Å². The zero-order chi connectivity index (χ0) is 26.5. The summed E-state index contributed by atoms with van der Waals surface area (Å²) in [6.45, 7) is 4.92. The highest BCUT2D eigenvalue weighted by atomic mass is 32.2. The largest absolute Gasteiger partial charge is 0.497 e. The summed E-state index contributed by atoms with van der Waals surface area (Å²) in [5, 5.41) is 0.740. The van der Waals surface area contributed by atoms with Crippen LogP contribution in [0.2, 0.25) is 0 Å². The number of benzene rings is 3. The molecule has 0 atom stereocenters. The van der Waals surface area contributed by atoms with Gasteiger partial charge in [-0.2, -0.15) is 0 Å². The van der Waals surface area contributed by atoms with Gasteiger partial charge in [-0.15, -0.1) is 0 Å². The Balaban J connectivity index is 1.30. The summed E-state index contributed by atoms with van der Waals surface area (Å²) in [6, 6.07) is 30.5. The highest BCUT2D eigenvalue weighted by Gasteiger charge is 2.19. The second-order valence-electron chi connectivity index (χ2n) is 9.24. The number of hydrogen-bond donors (Lipinski definition) is 1. The predicted octanol–water partition coefficient (Wildman–Crippen LogP) is 7.39. The van der Waals surface area contributed by atoms with E-state index in [0.29, 0.717) is 5.75 Å². The number of carbonyl (C=O) groups is 1. The van der Waals surface area contributed by atoms with Crippen molar-refractivity contribution in [3.05, 3.63) is 114 Å². The Bertz CT molecular complexity index is 1460. The summed E-state index contributed by atoms with van der Waals surface area (Å²) in [5.41, 5.74) is 8.09. The van der Waals surface area contributed by atoms with E-state index < -0.39 is 0 Å². The number of H-pyrrole nitrogens is 1. The minimum atomic E-state index is 0.109. The number of aromatic amines is 1. The van der Waals surface area contributed by atoms with E-state index in [1.54, 1.807) is 7.11 Å². The molecule has 0 aliphatic carbocycles. The van der Waals surface area contributed by atoms with Gasteiger partial charge in [-0.25, -0.2) is 4.98 Å². The number of ketones is 1. The van der Waals surface area contributed by atoms with Gasteiger partial charge in [0.15, 0.2) is 10.9 Å². The van der Waals surface area contributed by atoms with Gasteiger partial charge in [0, 0.05) is 34.6 Å². The minimum Gasteiger partial charge on any atom is -0.497 e. The fourth-order valence-corrected chi connectivity index (χ4v) is 5.46. The van der Waals surface area contributed by atoms with Crippen molar-refractivity contribution in [2.45, 2.75) is 32.0 Å². The molecule has 0 saturated heterocycles. The lowest BCUT2D eigenvalue weighted by atomic mass is 10.1. The Morgan fingerprint density at radius 3 is 2.24 bits per heavy atom. The van der Waals surface area contributed by atoms with Gasteiger partial charge in [0.25, 0.3) is 0 Å². The molecule has 5 rings (SSSR count). The molecule has 5 aromatic rings. The molecule has 5 nitrogen and oxygen atoms in total. The lowest BCUT2D eigenvalue weighted by molar-refractivity contribution is 0.102. The smallest absolute Gasteiger partial charge is 0.175 e. The zero-order valence-electron chi connectivity index (χ0n) is 21.9. The molecule has 0 aliphatic heterocycles. The minimum absolute atomic E-state index is 0.109. The van der Waals surface area contributed by atoms with Crippen LogP contribution < -0.4 is 4.74 Å². The summed E-state index contributed by atoms with van der Waals surface area (Å²) < 4.78 is 7.49. The van der Waals surface area contributed by atoms with Crippen LogP contribution in [-0.4, -0.2) is 33.2 Å². The number of aromatic nitrogens is 3. The van der Waals surface area contributed by atoms with E-state index in [1.807, 2.05) is 61.5 Å². The van der Waals surface area contributed by atoms with E-state index in [4.69, 9.17) is 9.72 Å². The number of Topliss-reactive ketones (excluding diaryl/α,β-unsaturated/α-hetero) is 1. The summed E-state index contributed by atoms with van der Waals surface area (Å²) in [7, 11) is 1.68. The molecular formula is C32H31N3O2S. The maximum atomic E-state index is 13.3. The fraction of sp³-hybridized carbons (Fsp3) is 0.188. The van der Waals surface area contributed by atoms with Crippen LogP contribution >= 0.6 is 11.8 Å². The number of nitrogens with one attached hydrogen (secondary N) is 1. The first-order valence-corrected chi connectivity index (χ1v) is 13.7. The number of nitrogens with zero attached hydrogens (tertiary/aromatic N) is 2. The van der Waals surface area contributed by atoms with Crippen LogP contribution in [0, 0.1) is 13.8 Å².